The van der Waals surface area contributed by atoms with E-state index in [1.54, 1.807) is 19.3 Å². The molecule has 1 aromatic heterocycles. The van der Waals surface area contributed by atoms with Crippen LogP contribution in [0, 0.1) is 0 Å². The first-order valence-corrected chi connectivity index (χ1v) is 10.5. The quantitative estimate of drug-likeness (QED) is 0.359. The molecule has 1 aromatic rings. The summed E-state index contributed by atoms with van der Waals surface area (Å²) < 4.78 is 26.8. The molecule has 26 heavy (non-hydrogen) atoms. The van der Waals surface area contributed by atoms with Gasteiger partial charge in [0.1, 0.15) is 4.90 Å². The zero-order valence-corrected chi connectivity index (χ0v) is 16.6. The van der Waals surface area contributed by atoms with Crippen LogP contribution in [0.5, 0.6) is 0 Å². The molecule has 0 aromatic carbocycles. The van der Waals surface area contributed by atoms with Crippen LogP contribution in [0.25, 0.3) is 0 Å². The minimum absolute atomic E-state index is 0.166. The van der Waals surface area contributed by atoms with Crippen LogP contribution >= 0.6 is 0 Å². The normalized spacial score (nSPS) is 17.5. The number of aliphatic imine (C=N–C) groups is 1. The molecule has 1 aliphatic heterocycles. The number of guanidine groups is 1. The lowest BCUT2D eigenvalue weighted by molar-refractivity contribution is 0.167. The second-order valence-corrected chi connectivity index (χ2v) is 8.40. The zero-order valence-electron chi connectivity index (χ0n) is 15.8. The fourth-order valence-electron chi connectivity index (χ4n) is 2.90. The Bertz CT molecular complexity index is 670. The van der Waals surface area contributed by atoms with Crippen LogP contribution in [-0.2, 0) is 10.0 Å². The Kier molecular flexibility index (Phi) is 7.80. The Hall–Kier alpha value is -1.71. The maximum atomic E-state index is 12.1. The first-order chi connectivity index (χ1) is 12.4. The second kappa shape index (κ2) is 9.84. The highest BCUT2D eigenvalue weighted by atomic mass is 32.2. The van der Waals surface area contributed by atoms with Gasteiger partial charge in [0.05, 0.1) is 0 Å². The predicted molar refractivity (Wildman–Crippen MR) is 104 cm³/mol. The van der Waals surface area contributed by atoms with Gasteiger partial charge in [-0.15, -0.1) is 0 Å². The van der Waals surface area contributed by atoms with Gasteiger partial charge in [0.25, 0.3) is 0 Å². The van der Waals surface area contributed by atoms with E-state index in [0.717, 1.165) is 25.9 Å². The van der Waals surface area contributed by atoms with Crippen LogP contribution in [-0.4, -0.2) is 69.6 Å². The van der Waals surface area contributed by atoms with Crippen molar-refractivity contribution >= 4 is 16.0 Å². The number of pyridine rings is 1. The Morgan fingerprint density at radius 2 is 2.08 bits per heavy atom. The summed E-state index contributed by atoms with van der Waals surface area (Å²) in [4.78, 5) is 10.7. The molecule has 0 spiro atoms. The number of aromatic nitrogens is 1. The Labute approximate surface area is 156 Å². The standard InChI is InChI=1S/C17H30N6O2S/c1-14(2)23-11-6-15(7-12-23)22-17(18-3)20-9-10-21-26(24,25)16-5-4-8-19-13-16/h4-5,8,13-15,21H,6-7,9-12H2,1-3H3,(H2,18,20,22). The van der Waals surface area contributed by atoms with Crippen molar-refractivity contribution in [2.24, 2.45) is 4.99 Å². The third-order valence-corrected chi connectivity index (χ3v) is 5.92. The average molecular weight is 383 g/mol. The van der Waals surface area contributed by atoms with Gasteiger partial charge in [-0.3, -0.25) is 9.98 Å². The molecule has 0 aliphatic carbocycles. The van der Waals surface area contributed by atoms with E-state index in [2.05, 4.69) is 44.1 Å². The second-order valence-electron chi connectivity index (χ2n) is 6.63. The van der Waals surface area contributed by atoms with Gasteiger partial charge in [0.2, 0.25) is 10.0 Å². The molecule has 0 atom stereocenters. The van der Waals surface area contributed by atoms with E-state index in [9.17, 15) is 8.42 Å². The van der Waals surface area contributed by atoms with Crippen molar-refractivity contribution < 1.29 is 8.42 Å². The minimum atomic E-state index is -3.52. The first-order valence-electron chi connectivity index (χ1n) is 9.03. The van der Waals surface area contributed by atoms with Crippen LogP contribution in [0.1, 0.15) is 26.7 Å². The van der Waals surface area contributed by atoms with Crippen molar-refractivity contribution in [3.63, 3.8) is 0 Å². The molecule has 0 amide bonds. The molecule has 1 fully saturated rings. The van der Waals surface area contributed by atoms with E-state index in [-0.39, 0.29) is 11.4 Å². The molecule has 1 aliphatic rings. The number of hydrogen-bond donors (Lipinski definition) is 3. The summed E-state index contributed by atoms with van der Waals surface area (Å²) in [5.41, 5.74) is 0. The highest BCUT2D eigenvalue weighted by Gasteiger charge is 2.21. The lowest BCUT2D eigenvalue weighted by Crippen LogP contribution is -2.50. The third kappa shape index (κ3) is 6.22. The van der Waals surface area contributed by atoms with Crippen molar-refractivity contribution in [2.75, 3.05) is 33.2 Å². The molecule has 3 N–H and O–H groups in total. The van der Waals surface area contributed by atoms with Gasteiger partial charge >= 0.3 is 0 Å². The van der Waals surface area contributed by atoms with E-state index in [1.807, 2.05) is 0 Å². The van der Waals surface area contributed by atoms with Crippen LogP contribution < -0.4 is 15.4 Å². The number of hydrogen-bond acceptors (Lipinski definition) is 5. The number of sulfonamides is 1. The van der Waals surface area contributed by atoms with E-state index >= 15 is 0 Å². The summed E-state index contributed by atoms with van der Waals surface area (Å²) in [5.74, 6) is 0.702. The summed E-state index contributed by atoms with van der Waals surface area (Å²) in [5, 5.41) is 6.58. The minimum Gasteiger partial charge on any atom is -0.355 e. The van der Waals surface area contributed by atoms with Crippen molar-refractivity contribution in [3.8, 4) is 0 Å². The van der Waals surface area contributed by atoms with Gasteiger partial charge in [0, 0.05) is 57.7 Å². The van der Waals surface area contributed by atoms with Crippen LogP contribution in [0.2, 0.25) is 0 Å². The molecule has 1 saturated heterocycles. The summed E-state index contributed by atoms with van der Waals surface area (Å²) in [6, 6.07) is 4.10. The molecule has 0 bridgehead atoms. The number of likely N-dealkylation sites (tertiary alicyclic amines) is 1. The van der Waals surface area contributed by atoms with Gasteiger partial charge in [-0.25, -0.2) is 13.1 Å². The van der Waals surface area contributed by atoms with Gasteiger partial charge in [-0.2, -0.15) is 0 Å². The summed E-state index contributed by atoms with van der Waals surface area (Å²) >= 11 is 0. The van der Waals surface area contributed by atoms with Crippen molar-refractivity contribution in [1.29, 1.82) is 0 Å². The molecule has 8 nitrogen and oxygen atoms in total. The topological polar surface area (TPSA) is 98.7 Å². The van der Waals surface area contributed by atoms with Crippen molar-refractivity contribution in [3.05, 3.63) is 24.5 Å². The van der Waals surface area contributed by atoms with Gasteiger partial charge in [0.15, 0.2) is 5.96 Å². The van der Waals surface area contributed by atoms with Crippen LogP contribution in [0.15, 0.2) is 34.4 Å². The number of rotatable bonds is 7. The van der Waals surface area contributed by atoms with Crippen LogP contribution in [0.3, 0.4) is 0 Å². The maximum Gasteiger partial charge on any atom is 0.242 e. The monoisotopic (exact) mass is 382 g/mol. The van der Waals surface area contributed by atoms with Crippen molar-refractivity contribution in [2.45, 2.75) is 43.7 Å². The molecule has 0 saturated carbocycles. The molecular weight excluding hydrogens is 352 g/mol. The number of nitrogens with zero attached hydrogens (tertiary/aromatic N) is 3. The number of piperidine rings is 1. The molecule has 0 radical (unpaired) electrons. The van der Waals surface area contributed by atoms with E-state index in [0.29, 0.717) is 24.6 Å². The third-order valence-electron chi connectivity index (χ3n) is 4.48. The number of nitrogens with one attached hydrogen (secondary N) is 3. The predicted octanol–water partition coefficient (Wildman–Crippen LogP) is 0.398. The largest absolute Gasteiger partial charge is 0.355 e. The summed E-state index contributed by atoms with van der Waals surface area (Å²) in [7, 11) is -1.80. The molecule has 2 heterocycles. The van der Waals surface area contributed by atoms with E-state index < -0.39 is 10.0 Å². The van der Waals surface area contributed by atoms with Crippen LogP contribution in [0.4, 0.5) is 0 Å². The molecular formula is C17H30N6O2S. The first kappa shape index (κ1) is 20.6. The molecule has 9 heteroatoms. The Morgan fingerprint density at radius 1 is 1.35 bits per heavy atom. The highest BCUT2D eigenvalue weighted by Crippen LogP contribution is 2.12. The summed E-state index contributed by atoms with van der Waals surface area (Å²) in [6.45, 7) is 7.32. The maximum absolute atomic E-state index is 12.1. The van der Waals surface area contributed by atoms with E-state index in [4.69, 9.17) is 0 Å². The average Bonchev–Trinajstić information content (AvgIpc) is 2.65. The fraction of sp³-hybridized carbons (Fsp3) is 0.647. The smallest absolute Gasteiger partial charge is 0.242 e. The Morgan fingerprint density at radius 3 is 2.65 bits per heavy atom. The molecule has 146 valence electrons. The SMILES string of the molecule is CN=C(NCCNS(=O)(=O)c1cccnc1)NC1CCN(C(C)C)CC1. The summed E-state index contributed by atoms with van der Waals surface area (Å²) in [6.07, 6.45) is 5.03. The zero-order chi connectivity index (χ0) is 19.0. The van der Waals surface area contributed by atoms with Gasteiger partial charge in [-0.05, 0) is 38.8 Å². The Balaban J connectivity index is 1.71. The van der Waals surface area contributed by atoms with E-state index in [1.165, 1.54) is 12.3 Å². The van der Waals surface area contributed by atoms with Crippen molar-refractivity contribution in [1.82, 2.24) is 25.2 Å². The fourth-order valence-corrected chi connectivity index (χ4v) is 3.90. The van der Waals surface area contributed by atoms with Gasteiger partial charge in [-0.1, -0.05) is 0 Å². The lowest BCUT2D eigenvalue weighted by Gasteiger charge is -2.35. The lowest BCUT2D eigenvalue weighted by atomic mass is 10.0. The van der Waals surface area contributed by atoms with Gasteiger partial charge < -0.3 is 15.5 Å². The molecule has 0 unspecified atom stereocenters. The highest BCUT2D eigenvalue weighted by molar-refractivity contribution is 7.89. The molecule has 2 rings (SSSR count).